The van der Waals surface area contributed by atoms with E-state index in [1.807, 2.05) is 0 Å². The highest BCUT2D eigenvalue weighted by Gasteiger charge is 2.28. The second-order valence-corrected chi connectivity index (χ2v) is 11.6. The Morgan fingerprint density at radius 2 is 1.51 bits per heavy atom. The minimum Gasteiger partial charge on any atom is -0.494 e. The van der Waals surface area contributed by atoms with Crippen molar-refractivity contribution in [3.63, 3.8) is 0 Å². The van der Waals surface area contributed by atoms with E-state index >= 15 is 0 Å². The lowest BCUT2D eigenvalue weighted by molar-refractivity contribution is -0.157. The van der Waals surface area contributed by atoms with Crippen molar-refractivity contribution in [1.29, 1.82) is 0 Å². The van der Waals surface area contributed by atoms with Crippen molar-refractivity contribution in [2.45, 2.75) is 77.9 Å². The molecule has 0 spiro atoms. The molecule has 0 aliphatic rings. The van der Waals surface area contributed by atoms with Crippen LogP contribution >= 0.6 is 0 Å². The number of methoxy groups -OCH3 is 1. The lowest BCUT2D eigenvalue weighted by Gasteiger charge is -2.25. The molecule has 3 aromatic carbocycles. The molecular formula is C35H42N2O8. The lowest BCUT2D eigenvalue weighted by Crippen LogP contribution is -2.45. The Bertz CT molecular complexity index is 1430. The molecule has 0 saturated carbocycles. The second kappa shape index (κ2) is 16.9. The number of nitrogens with zero attached hydrogens (tertiary/aromatic N) is 1. The lowest BCUT2D eigenvalue weighted by atomic mass is 10.0. The van der Waals surface area contributed by atoms with Gasteiger partial charge < -0.3 is 24.3 Å². The average molecular weight is 619 g/mol. The van der Waals surface area contributed by atoms with Gasteiger partial charge in [0.1, 0.15) is 23.1 Å². The van der Waals surface area contributed by atoms with Crippen LogP contribution in [0, 0.1) is 4.91 Å². The highest BCUT2D eigenvalue weighted by Crippen LogP contribution is 2.30. The second-order valence-electron chi connectivity index (χ2n) is 11.6. The highest BCUT2D eigenvalue weighted by molar-refractivity contribution is 5.97. The maximum absolute atomic E-state index is 13.1. The van der Waals surface area contributed by atoms with Crippen molar-refractivity contribution in [2.24, 2.45) is 5.18 Å². The molecule has 1 N–H and O–H groups in total. The Morgan fingerprint density at radius 1 is 0.844 bits per heavy atom. The summed E-state index contributed by atoms with van der Waals surface area (Å²) in [7, 11) is 1.44. The first-order chi connectivity index (χ1) is 21.5. The molecule has 1 atom stereocenters. The fourth-order valence-electron chi connectivity index (χ4n) is 4.38. The summed E-state index contributed by atoms with van der Waals surface area (Å²) < 4.78 is 22.4. The van der Waals surface area contributed by atoms with E-state index in [0.29, 0.717) is 23.5 Å². The molecule has 0 fully saturated rings. The maximum Gasteiger partial charge on any atom is 0.343 e. The number of ether oxygens (including phenoxy) is 4. The van der Waals surface area contributed by atoms with Gasteiger partial charge in [-0.05, 0) is 98.6 Å². The maximum atomic E-state index is 13.1. The van der Waals surface area contributed by atoms with Crippen LogP contribution < -0.4 is 19.5 Å². The number of esters is 2. The third-order valence-corrected chi connectivity index (χ3v) is 6.71. The predicted molar refractivity (Wildman–Crippen MR) is 171 cm³/mol. The number of hydrogen-bond donors (Lipinski definition) is 1. The van der Waals surface area contributed by atoms with E-state index in [9.17, 15) is 19.3 Å². The SMILES string of the molecule is CCCCCCCOc1ccc(C(=O)Oc2ccc(CC(NC(=O)c3ccc(N=O)cc3)C(=O)OC(C)(C)C)cc2OC)cc1. The van der Waals surface area contributed by atoms with Crippen molar-refractivity contribution in [1.82, 2.24) is 5.32 Å². The Balaban J connectivity index is 1.68. The summed E-state index contributed by atoms with van der Waals surface area (Å²) in [6.07, 6.45) is 5.81. The van der Waals surface area contributed by atoms with Crippen LogP contribution in [0.2, 0.25) is 0 Å². The van der Waals surface area contributed by atoms with Crippen molar-refractivity contribution in [2.75, 3.05) is 13.7 Å². The van der Waals surface area contributed by atoms with Gasteiger partial charge in [-0.3, -0.25) is 4.79 Å². The number of benzene rings is 3. The van der Waals surface area contributed by atoms with Crippen LogP contribution in [0.3, 0.4) is 0 Å². The molecule has 0 radical (unpaired) electrons. The predicted octanol–water partition coefficient (Wildman–Crippen LogP) is 7.34. The first-order valence-electron chi connectivity index (χ1n) is 15.1. The van der Waals surface area contributed by atoms with Crippen molar-refractivity contribution in [3.05, 3.63) is 88.3 Å². The van der Waals surface area contributed by atoms with Gasteiger partial charge in [0.2, 0.25) is 0 Å². The first kappa shape index (κ1) is 34.8. The molecule has 10 heteroatoms. The van der Waals surface area contributed by atoms with Crippen molar-refractivity contribution in [3.8, 4) is 17.2 Å². The highest BCUT2D eigenvalue weighted by atomic mass is 16.6. The van der Waals surface area contributed by atoms with Crippen LogP contribution in [-0.4, -0.2) is 43.2 Å². The van der Waals surface area contributed by atoms with E-state index in [1.165, 1.54) is 50.6 Å². The normalized spacial score (nSPS) is 11.7. The van der Waals surface area contributed by atoms with Gasteiger partial charge in [0.05, 0.1) is 19.3 Å². The molecule has 240 valence electrons. The smallest absolute Gasteiger partial charge is 0.343 e. The number of carbonyl (C=O) groups is 3. The standard InChI is InChI=1S/C35H42N2O8/c1-6-7-8-9-10-21-43-28-18-14-26(15-19-28)33(39)44-30-20-11-24(23-31(30)42-5)22-29(34(40)45-35(2,3)4)36-32(38)25-12-16-27(37-41)17-13-25/h11-20,23,29H,6-10,21-22H2,1-5H3,(H,36,38). The zero-order valence-corrected chi connectivity index (χ0v) is 26.6. The van der Waals surface area contributed by atoms with E-state index in [2.05, 4.69) is 17.4 Å². The number of unbranched alkanes of at least 4 members (excludes halogenated alkanes) is 4. The Hall–Kier alpha value is -4.73. The van der Waals surface area contributed by atoms with E-state index in [4.69, 9.17) is 18.9 Å². The topological polar surface area (TPSA) is 130 Å². The van der Waals surface area contributed by atoms with Gasteiger partial charge in [-0.15, -0.1) is 4.91 Å². The molecule has 1 amide bonds. The van der Waals surface area contributed by atoms with Gasteiger partial charge in [0.25, 0.3) is 5.91 Å². The molecule has 10 nitrogen and oxygen atoms in total. The minimum absolute atomic E-state index is 0.0687. The molecule has 3 rings (SSSR count). The molecule has 0 aliphatic carbocycles. The fraction of sp³-hybridized carbons (Fsp3) is 0.400. The van der Waals surface area contributed by atoms with Gasteiger partial charge in [-0.2, -0.15) is 0 Å². The summed E-state index contributed by atoms with van der Waals surface area (Å²) in [6.45, 7) is 8.01. The monoisotopic (exact) mass is 618 g/mol. The molecule has 0 bridgehead atoms. The summed E-state index contributed by atoms with van der Waals surface area (Å²) in [5.41, 5.74) is 0.613. The molecule has 0 aromatic heterocycles. The largest absolute Gasteiger partial charge is 0.494 e. The summed E-state index contributed by atoms with van der Waals surface area (Å²) in [5.74, 6) is -0.562. The fourth-order valence-corrected chi connectivity index (χ4v) is 4.38. The zero-order valence-electron chi connectivity index (χ0n) is 26.6. The van der Waals surface area contributed by atoms with Crippen molar-refractivity contribution < 1.29 is 33.3 Å². The average Bonchev–Trinajstić information content (AvgIpc) is 3.02. The molecule has 0 heterocycles. The van der Waals surface area contributed by atoms with E-state index in [-0.39, 0.29) is 29.2 Å². The van der Waals surface area contributed by atoms with Gasteiger partial charge in [0.15, 0.2) is 11.5 Å². The number of rotatable bonds is 16. The molecule has 0 saturated heterocycles. The summed E-state index contributed by atoms with van der Waals surface area (Å²) in [4.78, 5) is 49.6. The van der Waals surface area contributed by atoms with E-state index in [1.54, 1.807) is 63.2 Å². The molecule has 3 aromatic rings. The van der Waals surface area contributed by atoms with Crippen LogP contribution in [0.1, 0.15) is 86.1 Å². The van der Waals surface area contributed by atoms with Gasteiger partial charge in [-0.25, -0.2) is 9.59 Å². The van der Waals surface area contributed by atoms with Crippen molar-refractivity contribution >= 4 is 23.5 Å². The Morgan fingerprint density at radius 3 is 2.13 bits per heavy atom. The minimum atomic E-state index is -1.05. The van der Waals surface area contributed by atoms with Gasteiger partial charge in [0, 0.05) is 12.0 Å². The number of hydrogen-bond acceptors (Lipinski definition) is 9. The molecule has 0 aliphatic heterocycles. The molecular weight excluding hydrogens is 576 g/mol. The van der Waals surface area contributed by atoms with Crippen LogP contribution in [0.5, 0.6) is 17.2 Å². The first-order valence-corrected chi connectivity index (χ1v) is 15.1. The summed E-state index contributed by atoms with van der Waals surface area (Å²) >= 11 is 0. The number of carbonyl (C=O) groups excluding carboxylic acids is 3. The summed E-state index contributed by atoms with van der Waals surface area (Å²) in [5, 5.41) is 5.55. The third-order valence-electron chi connectivity index (χ3n) is 6.71. The Labute approximate surface area is 264 Å². The molecule has 45 heavy (non-hydrogen) atoms. The van der Waals surface area contributed by atoms with Crippen LogP contribution in [0.15, 0.2) is 71.9 Å². The number of nitroso groups, excluding NO2 is 1. The van der Waals surface area contributed by atoms with E-state index < -0.39 is 29.5 Å². The van der Waals surface area contributed by atoms with Gasteiger partial charge >= 0.3 is 11.9 Å². The number of nitrogens with one attached hydrogen (secondary N) is 1. The quantitative estimate of drug-likeness (QED) is 0.0764. The van der Waals surface area contributed by atoms with Gasteiger partial charge in [-0.1, -0.05) is 38.7 Å². The molecule has 1 unspecified atom stereocenters. The summed E-state index contributed by atoms with van der Waals surface area (Å²) in [6, 6.07) is 16.3. The Kier molecular flexibility index (Phi) is 13.1. The van der Waals surface area contributed by atoms with Crippen LogP contribution in [0.4, 0.5) is 5.69 Å². The zero-order chi connectivity index (χ0) is 32.8. The third kappa shape index (κ3) is 11.4. The van der Waals surface area contributed by atoms with Crippen LogP contribution in [0.25, 0.3) is 0 Å². The van der Waals surface area contributed by atoms with Crippen LogP contribution in [-0.2, 0) is 16.0 Å². The number of amides is 1. The van der Waals surface area contributed by atoms with E-state index in [0.717, 1.165) is 12.8 Å².